The van der Waals surface area contributed by atoms with Gasteiger partial charge in [0.05, 0.1) is 16.8 Å². The van der Waals surface area contributed by atoms with Gasteiger partial charge in [-0.25, -0.2) is 8.78 Å². The van der Waals surface area contributed by atoms with Crippen LogP contribution in [0.5, 0.6) is 0 Å². The number of aliphatic hydroxyl groups excluding tert-OH is 1. The first kappa shape index (κ1) is 23.8. The molecule has 1 fully saturated rings. The summed E-state index contributed by atoms with van der Waals surface area (Å²) in [5.74, 6) is -2.77. The number of carbonyl (C=O) groups excluding carboxylic acids is 1. The molecule has 1 heterocycles. The molecular formula is C24H19Cl3F2N2O2. The summed E-state index contributed by atoms with van der Waals surface area (Å²) in [5, 5.41) is 12.1. The summed E-state index contributed by atoms with van der Waals surface area (Å²) < 4.78 is 26.9. The fourth-order valence-electron chi connectivity index (χ4n) is 3.95. The van der Waals surface area contributed by atoms with Crippen molar-refractivity contribution in [2.45, 2.75) is 12.1 Å². The van der Waals surface area contributed by atoms with Gasteiger partial charge in [-0.3, -0.25) is 4.79 Å². The predicted molar refractivity (Wildman–Crippen MR) is 126 cm³/mol. The van der Waals surface area contributed by atoms with Crippen LogP contribution in [0.4, 0.5) is 14.5 Å². The zero-order valence-electron chi connectivity index (χ0n) is 17.2. The maximum absolute atomic E-state index is 13.6. The lowest BCUT2D eigenvalue weighted by Gasteiger charge is -2.44. The average Bonchev–Trinajstić information content (AvgIpc) is 2.80. The Bertz CT molecular complexity index is 1180. The third kappa shape index (κ3) is 5.09. The van der Waals surface area contributed by atoms with Crippen molar-refractivity contribution < 1.29 is 18.7 Å². The summed E-state index contributed by atoms with van der Waals surface area (Å²) in [7, 11) is 0. The van der Waals surface area contributed by atoms with E-state index in [1.54, 1.807) is 24.3 Å². The molecule has 1 unspecified atom stereocenters. The molecule has 0 saturated carbocycles. The van der Waals surface area contributed by atoms with E-state index in [2.05, 4.69) is 4.90 Å². The Hall–Kier alpha value is -2.38. The molecule has 0 radical (unpaired) electrons. The lowest BCUT2D eigenvalue weighted by atomic mass is 10.00. The number of halogens is 5. The van der Waals surface area contributed by atoms with E-state index in [0.29, 0.717) is 28.2 Å². The Morgan fingerprint density at radius 1 is 0.909 bits per heavy atom. The summed E-state index contributed by atoms with van der Waals surface area (Å²) in [6, 6.07) is 15.1. The second-order valence-electron chi connectivity index (χ2n) is 7.72. The van der Waals surface area contributed by atoms with E-state index in [1.165, 1.54) is 11.0 Å². The Morgan fingerprint density at radius 3 is 2.27 bits per heavy atom. The number of nitrogens with zero attached hydrogens (tertiary/aromatic N) is 2. The summed E-state index contributed by atoms with van der Waals surface area (Å²) in [6.45, 7) is 0.952. The van der Waals surface area contributed by atoms with Gasteiger partial charge in [0.1, 0.15) is 0 Å². The molecule has 2 atom stereocenters. The minimum atomic E-state index is -1.61. The summed E-state index contributed by atoms with van der Waals surface area (Å²) in [6.07, 6.45) is -1.61. The molecule has 0 aliphatic carbocycles. The highest BCUT2D eigenvalue weighted by atomic mass is 35.5. The maximum Gasteiger partial charge on any atom is 0.256 e. The van der Waals surface area contributed by atoms with Gasteiger partial charge in [0.15, 0.2) is 17.7 Å². The molecule has 0 bridgehead atoms. The van der Waals surface area contributed by atoms with Crippen LogP contribution in [0, 0.1) is 11.6 Å². The van der Waals surface area contributed by atoms with Gasteiger partial charge in [-0.1, -0.05) is 53.0 Å². The third-order valence-electron chi connectivity index (χ3n) is 5.66. The Kier molecular flexibility index (Phi) is 7.10. The van der Waals surface area contributed by atoms with Gasteiger partial charge in [-0.05, 0) is 53.6 Å². The molecule has 4 rings (SSSR count). The molecule has 0 aromatic heterocycles. The molecule has 0 spiro atoms. The fourth-order valence-corrected chi connectivity index (χ4v) is 4.60. The maximum atomic E-state index is 13.6. The summed E-state index contributed by atoms with van der Waals surface area (Å²) in [4.78, 5) is 16.6. The van der Waals surface area contributed by atoms with Crippen molar-refractivity contribution >= 4 is 46.4 Å². The number of rotatable bonds is 4. The van der Waals surface area contributed by atoms with Gasteiger partial charge in [0.25, 0.3) is 5.91 Å². The second-order valence-corrected chi connectivity index (χ2v) is 9.00. The molecule has 3 aromatic carbocycles. The van der Waals surface area contributed by atoms with Gasteiger partial charge >= 0.3 is 0 Å². The number of aliphatic hydroxyl groups is 1. The topological polar surface area (TPSA) is 43.8 Å². The Balaban J connectivity index is 1.63. The van der Waals surface area contributed by atoms with Crippen molar-refractivity contribution in [2.75, 3.05) is 24.5 Å². The van der Waals surface area contributed by atoms with Crippen molar-refractivity contribution in [1.29, 1.82) is 0 Å². The van der Waals surface area contributed by atoms with E-state index in [9.17, 15) is 18.7 Å². The number of hydrogen-bond acceptors (Lipinski definition) is 3. The van der Waals surface area contributed by atoms with Crippen LogP contribution in [0.25, 0.3) is 0 Å². The van der Waals surface area contributed by atoms with Gasteiger partial charge in [-0.15, -0.1) is 0 Å². The van der Waals surface area contributed by atoms with E-state index in [1.807, 2.05) is 18.2 Å². The zero-order chi connectivity index (χ0) is 23.7. The number of hydrogen-bond donors (Lipinski definition) is 1. The fraction of sp³-hybridized carbons (Fsp3) is 0.208. The SMILES string of the molecule is O=C(C(O)c1ccc(F)c(F)c1)N1CCN(c2ccc(Cl)cc2Cl)[C@H](c2ccc(Cl)cc2)C1. The largest absolute Gasteiger partial charge is 0.378 e. The molecule has 1 saturated heterocycles. The molecule has 33 heavy (non-hydrogen) atoms. The van der Waals surface area contributed by atoms with Crippen molar-refractivity contribution in [2.24, 2.45) is 0 Å². The van der Waals surface area contributed by atoms with E-state index >= 15 is 0 Å². The molecule has 1 aliphatic rings. The monoisotopic (exact) mass is 510 g/mol. The third-order valence-corrected chi connectivity index (χ3v) is 6.45. The normalized spacial score (nSPS) is 17.2. The van der Waals surface area contributed by atoms with Gasteiger partial charge in [-0.2, -0.15) is 0 Å². The van der Waals surface area contributed by atoms with Crippen LogP contribution in [0.15, 0.2) is 60.7 Å². The van der Waals surface area contributed by atoms with Crippen molar-refractivity contribution in [3.63, 3.8) is 0 Å². The first-order chi connectivity index (χ1) is 15.7. The molecule has 1 N–H and O–H groups in total. The van der Waals surface area contributed by atoms with Crippen LogP contribution in [0.2, 0.25) is 15.1 Å². The molecule has 4 nitrogen and oxygen atoms in total. The van der Waals surface area contributed by atoms with Crippen LogP contribution in [0.1, 0.15) is 23.3 Å². The second kappa shape index (κ2) is 9.85. The van der Waals surface area contributed by atoms with Crippen LogP contribution in [0.3, 0.4) is 0 Å². The lowest BCUT2D eigenvalue weighted by molar-refractivity contribution is -0.141. The van der Waals surface area contributed by atoms with Crippen LogP contribution < -0.4 is 4.90 Å². The lowest BCUT2D eigenvalue weighted by Crippen LogP contribution is -2.51. The first-order valence-corrected chi connectivity index (χ1v) is 11.3. The number of anilines is 1. The van der Waals surface area contributed by atoms with E-state index in [0.717, 1.165) is 23.4 Å². The van der Waals surface area contributed by atoms with Crippen LogP contribution in [-0.2, 0) is 4.79 Å². The molecule has 172 valence electrons. The highest BCUT2D eigenvalue weighted by Crippen LogP contribution is 2.37. The first-order valence-electron chi connectivity index (χ1n) is 10.1. The van der Waals surface area contributed by atoms with Crippen LogP contribution >= 0.6 is 34.8 Å². The Labute approximate surface area is 204 Å². The minimum Gasteiger partial charge on any atom is -0.378 e. The molecule has 3 aromatic rings. The van der Waals surface area contributed by atoms with Gasteiger partial charge in [0, 0.05) is 29.7 Å². The Morgan fingerprint density at radius 2 is 1.61 bits per heavy atom. The average molecular weight is 512 g/mol. The molecule has 1 amide bonds. The van der Waals surface area contributed by atoms with Crippen molar-refractivity contribution in [3.05, 3.63) is 98.5 Å². The van der Waals surface area contributed by atoms with Crippen molar-refractivity contribution in [3.8, 4) is 0 Å². The summed E-state index contributed by atoms with van der Waals surface area (Å²) >= 11 is 18.6. The number of amides is 1. The van der Waals surface area contributed by atoms with Crippen LogP contribution in [-0.4, -0.2) is 35.5 Å². The number of benzene rings is 3. The zero-order valence-corrected chi connectivity index (χ0v) is 19.5. The molecule has 1 aliphatic heterocycles. The summed E-state index contributed by atoms with van der Waals surface area (Å²) in [5.41, 5.74) is 1.64. The quantitative estimate of drug-likeness (QED) is 0.464. The minimum absolute atomic E-state index is 0.00915. The standard InChI is InChI=1S/C24H19Cl3F2N2O2/c25-16-4-1-14(2-5-16)22-13-30(9-10-31(22)21-8-6-17(26)12-18(21)27)24(33)23(32)15-3-7-19(28)20(29)11-15/h1-8,11-12,22-23,32H,9-10,13H2/t22-,23?/m0/s1. The highest BCUT2D eigenvalue weighted by Gasteiger charge is 2.34. The molecule has 9 heteroatoms. The van der Waals surface area contributed by atoms with Gasteiger partial charge < -0.3 is 14.9 Å². The predicted octanol–water partition coefficient (Wildman–Crippen LogP) is 6.05. The number of piperazine rings is 1. The van der Waals surface area contributed by atoms with E-state index in [-0.39, 0.29) is 18.2 Å². The van der Waals surface area contributed by atoms with Crippen molar-refractivity contribution in [1.82, 2.24) is 4.90 Å². The van der Waals surface area contributed by atoms with E-state index in [4.69, 9.17) is 34.8 Å². The highest BCUT2D eigenvalue weighted by molar-refractivity contribution is 6.36. The van der Waals surface area contributed by atoms with E-state index < -0.39 is 23.6 Å². The van der Waals surface area contributed by atoms with Gasteiger partial charge in [0.2, 0.25) is 0 Å². The molecular weight excluding hydrogens is 493 g/mol. The smallest absolute Gasteiger partial charge is 0.256 e. The number of carbonyl (C=O) groups is 1.